The van der Waals surface area contributed by atoms with Crippen molar-refractivity contribution in [3.63, 3.8) is 0 Å². The fraction of sp³-hybridized carbons (Fsp3) is 0.444. The van der Waals surface area contributed by atoms with Crippen LogP contribution in [0.2, 0.25) is 0 Å². The molecule has 4 atom stereocenters. The summed E-state index contributed by atoms with van der Waals surface area (Å²) in [5.41, 5.74) is 7.48. The van der Waals surface area contributed by atoms with Crippen LogP contribution in [0.3, 0.4) is 0 Å². The number of nitrogens with zero attached hydrogens (tertiary/aromatic N) is 1. The van der Waals surface area contributed by atoms with Crippen LogP contribution >= 0.6 is 0 Å². The number of hydrogen-bond donors (Lipinski definition) is 5. The Morgan fingerprint density at radius 2 is 1.59 bits per heavy atom. The zero-order valence-corrected chi connectivity index (χ0v) is 26.1. The van der Waals surface area contributed by atoms with Gasteiger partial charge in [-0.15, -0.1) is 0 Å². The third-order valence-corrected chi connectivity index (χ3v) is 8.74. The number of likely N-dealkylation sites (tertiary alicyclic amines) is 1. The topological polar surface area (TPSA) is 141 Å². The Morgan fingerprint density at radius 1 is 0.870 bits per heavy atom. The van der Waals surface area contributed by atoms with E-state index >= 15 is 0 Å². The predicted octanol–water partition coefficient (Wildman–Crippen LogP) is 4.53. The first-order chi connectivity index (χ1) is 22.4. The minimum absolute atomic E-state index is 0.00561. The zero-order valence-electron chi connectivity index (χ0n) is 26.1. The molecule has 5 rings (SSSR count). The van der Waals surface area contributed by atoms with Crippen LogP contribution in [0.5, 0.6) is 0 Å². The maximum Gasteiger partial charge on any atom is 0.243 e. The Kier molecular flexibility index (Phi) is 12.3. The third-order valence-electron chi connectivity index (χ3n) is 8.74. The van der Waals surface area contributed by atoms with Gasteiger partial charge >= 0.3 is 0 Å². The van der Waals surface area contributed by atoms with Gasteiger partial charge in [0.05, 0.1) is 24.9 Å². The summed E-state index contributed by atoms with van der Waals surface area (Å²) in [5.74, 6) is -0.452. The minimum atomic E-state index is -0.560. The molecule has 0 saturated carbocycles. The second kappa shape index (κ2) is 16.8. The lowest BCUT2D eigenvalue weighted by molar-refractivity contribution is -0.252. The average Bonchev–Trinajstić information content (AvgIpc) is 3.51. The number of unbranched alkanes of at least 4 members (excludes halogenated alkanes) is 2. The van der Waals surface area contributed by atoms with Crippen molar-refractivity contribution in [1.82, 2.24) is 15.7 Å². The van der Waals surface area contributed by atoms with Crippen LogP contribution in [0.15, 0.2) is 72.8 Å². The summed E-state index contributed by atoms with van der Waals surface area (Å²) in [6.07, 6.45) is 3.03. The van der Waals surface area contributed by atoms with Gasteiger partial charge in [-0.2, -0.15) is 0 Å². The van der Waals surface area contributed by atoms with Crippen molar-refractivity contribution in [2.24, 2.45) is 0 Å². The smallest absolute Gasteiger partial charge is 0.243 e. The third kappa shape index (κ3) is 9.45. The summed E-state index contributed by atoms with van der Waals surface area (Å²) in [4.78, 5) is 25.8. The first kappa shape index (κ1) is 33.7. The first-order valence-electron chi connectivity index (χ1n) is 16.2. The Labute approximate surface area is 270 Å². The van der Waals surface area contributed by atoms with Crippen molar-refractivity contribution in [3.8, 4) is 11.1 Å². The van der Waals surface area contributed by atoms with Crippen molar-refractivity contribution in [2.75, 3.05) is 19.6 Å². The second-order valence-corrected chi connectivity index (χ2v) is 12.2. The fourth-order valence-corrected chi connectivity index (χ4v) is 6.16. The molecule has 2 aliphatic rings. The summed E-state index contributed by atoms with van der Waals surface area (Å²) in [7, 11) is 0. The molecule has 3 aromatic rings. The molecule has 0 aliphatic carbocycles. The number of hydroxylamine groups is 1. The van der Waals surface area contributed by atoms with Crippen molar-refractivity contribution < 1.29 is 34.5 Å². The van der Waals surface area contributed by atoms with Crippen molar-refractivity contribution in [1.29, 1.82) is 0 Å². The highest BCUT2D eigenvalue weighted by molar-refractivity contribution is 5.76. The lowest BCUT2D eigenvalue weighted by Crippen LogP contribution is -2.38. The van der Waals surface area contributed by atoms with Gasteiger partial charge in [-0.3, -0.25) is 19.7 Å². The molecule has 2 saturated heterocycles. The van der Waals surface area contributed by atoms with Crippen LogP contribution in [0.1, 0.15) is 79.6 Å². The quantitative estimate of drug-likeness (QED) is 0.0994. The number of aliphatic hydroxyl groups is 2. The van der Waals surface area contributed by atoms with Gasteiger partial charge in [0, 0.05) is 51.0 Å². The highest BCUT2D eigenvalue weighted by atomic mass is 16.7. The minimum Gasteiger partial charge on any atom is -0.392 e. The van der Waals surface area contributed by atoms with E-state index in [1.807, 2.05) is 60.7 Å². The molecule has 10 heteroatoms. The average molecular weight is 632 g/mol. The number of benzene rings is 3. The number of ether oxygens (including phenoxy) is 2. The highest BCUT2D eigenvalue weighted by Gasteiger charge is 2.34. The second-order valence-electron chi connectivity index (χ2n) is 12.2. The molecule has 246 valence electrons. The molecule has 0 radical (unpaired) electrons. The molecule has 2 aliphatic heterocycles. The number of aliphatic hydroxyl groups excluding tert-OH is 2. The number of nitrogens with one attached hydrogen (secondary N) is 2. The van der Waals surface area contributed by atoms with Crippen molar-refractivity contribution in [2.45, 2.75) is 82.7 Å². The van der Waals surface area contributed by atoms with E-state index in [0.29, 0.717) is 38.8 Å². The molecule has 5 N–H and O–H groups in total. The van der Waals surface area contributed by atoms with E-state index in [0.717, 1.165) is 59.3 Å². The van der Waals surface area contributed by atoms with E-state index in [-0.39, 0.29) is 37.2 Å². The molecule has 0 bridgehead atoms. The standard InChI is InChI=1S/C36H45N3O7/c40-24-25-10-12-27(13-11-25)33-20-31(23-39-19-18-30(41)22-39)45-36(46-33)28-16-14-26(15-17-28)32-7-5-4-6-29(32)21-37-34(42)8-2-1-3-9-35(43)38-44/h4-7,10-17,30-31,33,36,40-41,44H,1-3,8-9,18-24H2,(H,37,42)(H,38,43)/t30-,31+,33-,36-/m0/s1. The molecule has 0 aromatic heterocycles. The zero-order chi connectivity index (χ0) is 32.3. The molecular weight excluding hydrogens is 586 g/mol. The molecule has 0 unspecified atom stereocenters. The van der Waals surface area contributed by atoms with Gasteiger partial charge in [-0.25, -0.2) is 5.48 Å². The Bertz CT molecular complexity index is 1420. The van der Waals surface area contributed by atoms with Gasteiger partial charge < -0.3 is 25.0 Å². The molecule has 2 fully saturated rings. The summed E-state index contributed by atoms with van der Waals surface area (Å²) in [6.45, 7) is 2.63. The number of carbonyl (C=O) groups excluding carboxylic acids is 2. The number of amides is 2. The van der Waals surface area contributed by atoms with Gasteiger partial charge in [0.1, 0.15) is 0 Å². The van der Waals surface area contributed by atoms with Crippen LogP contribution in [0.4, 0.5) is 0 Å². The monoisotopic (exact) mass is 631 g/mol. The number of hydrogen-bond acceptors (Lipinski definition) is 8. The molecule has 46 heavy (non-hydrogen) atoms. The number of β-amino-alcohol motifs (C(OH)–C–C–N with tert-alkyl or cyclic N) is 1. The lowest BCUT2D eigenvalue weighted by atomic mass is 9.97. The summed E-state index contributed by atoms with van der Waals surface area (Å²) in [6, 6.07) is 24.0. The van der Waals surface area contributed by atoms with E-state index in [1.165, 1.54) is 0 Å². The van der Waals surface area contributed by atoms with Crippen LogP contribution in [-0.4, -0.2) is 64.0 Å². The number of carbonyl (C=O) groups is 2. The SMILES string of the molecule is O=C(CCCCCC(=O)NCc1ccccc1-c1ccc([C@H]2O[C@@H](CN3CC[C@H](O)C3)C[C@@H](c3ccc(CO)cc3)O2)cc1)NO. The van der Waals surface area contributed by atoms with Crippen LogP contribution in [0, 0.1) is 0 Å². The van der Waals surface area contributed by atoms with Gasteiger partial charge in [-0.1, -0.05) is 79.2 Å². The van der Waals surface area contributed by atoms with Gasteiger partial charge in [-0.05, 0) is 47.1 Å². The molecule has 2 heterocycles. The predicted molar refractivity (Wildman–Crippen MR) is 172 cm³/mol. The molecule has 2 amide bonds. The Morgan fingerprint density at radius 3 is 2.28 bits per heavy atom. The largest absolute Gasteiger partial charge is 0.392 e. The molecule has 0 spiro atoms. The summed E-state index contributed by atoms with van der Waals surface area (Å²) >= 11 is 0. The molecular formula is C36H45N3O7. The van der Waals surface area contributed by atoms with Crippen LogP contribution < -0.4 is 10.8 Å². The maximum atomic E-state index is 12.5. The summed E-state index contributed by atoms with van der Waals surface area (Å²) in [5, 5.41) is 31.1. The first-order valence-corrected chi connectivity index (χ1v) is 16.2. The summed E-state index contributed by atoms with van der Waals surface area (Å²) < 4.78 is 13.0. The molecule has 10 nitrogen and oxygen atoms in total. The Balaban J connectivity index is 1.23. The van der Waals surface area contributed by atoms with E-state index in [1.54, 1.807) is 5.48 Å². The van der Waals surface area contributed by atoms with E-state index in [2.05, 4.69) is 22.3 Å². The van der Waals surface area contributed by atoms with Crippen LogP contribution in [-0.2, 0) is 32.2 Å². The van der Waals surface area contributed by atoms with E-state index in [9.17, 15) is 19.8 Å². The normalized spacial score (nSPS) is 21.6. The van der Waals surface area contributed by atoms with Gasteiger partial charge in [0.2, 0.25) is 11.8 Å². The highest BCUT2D eigenvalue weighted by Crippen LogP contribution is 2.39. The van der Waals surface area contributed by atoms with Gasteiger partial charge in [0.25, 0.3) is 0 Å². The van der Waals surface area contributed by atoms with Gasteiger partial charge in [0.15, 0.2) is 6.29 Å². The Hall–Kier alpha value is -3.64. The van der Waals surface area contributed by atoms with Crippen molar-refractivity contribution >= 4 is 11.8 Å². The lowest BCUT2D eigenvalue weighted by Gasteiger charge is -2.38. The molecule has 3 aromatic carbocycles. The number of rotatable bonds is 14. The van der Waals surface area contributed by atoms with E-state index in [4.69, 9.17) is 14.7 Å². The van der Waals surface area contributed by atoms with E-state index < -0.39 is 12.2 Å². The maximum absolute atomic E-state index is 12.5. The van der Waals surface area contributed by atoms with Crippen molar-refractivity contribution in [3.05, 3.63) is 95.1 Å². The van der Waals surface area contributed by atoms with Crippen LogP contribution in [0.25, 0.3) is 11.1 Å². The fourth-order valence-electron chi connectivity index (χ4n) is 6.16.